The zero-order valence-corrected chi connectivity index (χ0v) is 24.2. The standard InChI is InChI=1S/C33H40O6S/c1-38-29-22-26(33(37)39-2)20-21-27(29)23-40-31(30(34)32(35)36)28-19-13-12-18-25(28)17-11-6-4-3-5-8-14-24-15-9-7-10-16-24/h7,9-10,12-13,15-16,18-22,30-31,34H,3-6,8,11,14,17,23H2,1-2H3,(H,35,36). The molecule has 0 saturated heterocycles. The Labute approximate surface area is 241 Å². The van der Waals surface area contributed by atoms with Crippen LogP contribution in [0.4, 0.5) is 0 Å². The third-order valence-electron chi connectivity index (χ3n) is 7.03. The van der Waals surface area contributed by atoms with Crippen molar-refractivity contribution in [2.24, 2.45) is 0 Å². The summed E-state index contributed by atoms with van der Waals surface area (Å²) in [5.41, 5.74) is 4.48. The first-order valence-electron chi connectivity index (χ1n) is 13.8. The summed E-state index contributed by atoms with van der Waals surface area (Å²) in [6.07, 6.45) is 7.34. The highest BCUT2D eigenvalue weighted by Gasteiger charge is 2.29. The van der Waals surface area contributed by atoms with Crippen molar-refractivity contribution >= 4 is 23.7 Å². The van der Waals surface area contributed by atoms with Crippen molar-refractivity contribution in [1.82, 2.24) is 0 Å². The SMILES string of the molecule is COC(=O)c1ccc(CSC(c2ccccc2CCCCCCCCc2ccccc2)C(O)C(=O)O)c(OC)c1. The number of unbranched alkanes of at least 4 members (excludes halogenated alkanes) is 5. The summed E-state index contributed by atoms with van der Waals surface area (Å²) in [6.45, 7) is 0. The Hall–Kier alpha value is -3.29. The number of hydrogen-bond donors (Lipinski definition) is 2. The number of hydrogen-bond acceptors (Lipinski definition) is 6. The van der Waals surface area contributed by atoms with Gasteiger partial charge in [-0.05, 0) is 54.5 Å². The largest absolute Gasteiger partial charge is 0.496 e. The van der Waals surface area contributed by atoms with Gasteiger partial charge in [-0.2, -0.15) is 0 Å². The summed E-state index contributed by atoms with van der Waals surface area (Å²) in [4.78, 5) is 23.7. The molecule has 0 aromatic heterocycles. The molecule has 3 aromatic carbocycles. The predicted octanol–water partition coefficient (Wildman–Crippen LogP) is 7.03. The normalized spacial score (nSPS) is 12.5. The minimum Gasteiger partial charge on any atom is -0.496 e. The van der Waals surface area contributed by atoms with Crippen LogP contribution >= 0.6 is 11.8 Å². The number of carboxylic acid groups (broad SMARTS) is 1. The molecule has 0 radical (unpaired) electrons. The summed E-state index contributed by atoms with van der Waals surface area (Å²) < 4.78 is 10.3. The lowest BCUT2D eigenvalue weighted by atomic mass is 9.96. The van der Waals surface area contributed by atoms with E-state index < -0.39 is 23.3 Å². The Kier molecular flexibility index (Phi) is 13.1. The molecule has 0 amide bonds. The fourth-order valence-electron chi connectivity index (χ4n) is 4.80. The lowest BCUT2D eigenvalue weighted by Crippen LogP contribution is -2.26. The number of aryl methyl sites for hydroxylation is 2. The van der Waals surface area contributed by atoms with E-state index in [1.165, 1.54) is 57.2 Å². The molecule has 214 valence electrons. The van der Waals surface area contributed by atoms with E-state index in [1.54, 1.807) is 18.2 Å². The maximum absolute atomic E-state index is 11.9. The van der Waals surface area contributed by atoms with Crippen LogP contribution in [0.25, 0.3) is 0 Å². The van der Waals surface area contributed by atoms with E-state index in [2.05, 4.69) is 30.3 Å². The van der Waals surface area contributed by atoms with E-state index in [0.29, 0.717) is 17.1 Å². The summed E-state index contributed by atoms with van der Waals surface area (Å²) in [6, 6.07) is 23.4. The molecule has 7 heteroatoms. The molecule has 2 unspecified atom stereocenters. The van der Waals surface area contributed by atoms with Gasteiger partial charge in [-0.15, -0.1) is 11.8 Å². The zero-order chi connectivity index (χ0) is 28.7. The second-order valence-corrected chi connectivity index (χ2v) is 11.0. The second-order valence-electron chi connectivity index (χ2n) is 9.84. The molecule has 0 heterocycles. The van der Waals surface area contributed by atoms with Gasteiger partial charge in [0.05, 0.1) is 25.0 Å². The highest BCUT2D eigenvalue weighted by molar-refractivity contribution is 7.98. The lowest BCUT2D eigenvalue weighted by Gasteiger charge is -2.23. The number of esters is 1. The van der Waals surface area contributed by atoms with Crippen molar-refractivity contribution in [3.05, 3.63) is 101 Å². The van der Waals surface area contributed by atoms with Gasteiger partial charge in [-0.1, -0.05) is 86.3 Å². The van der Waals surface area contributed by atoms with Gasteiger partial charge in [0.1, 0.15) is 5.75 Å². The number of rotatable bonds is 17. The number of thioether (sulfide) groups is 1. The summed E-state index contributed by atoms with van der Waals surface area (Å²) in [5, 5.41) is 19.7. The highest BCUT2D eigenvalue weighted by atomic mass is 32.2. The predicted molar refractivity (Wildman–Crippen MR) is 160 cm³/mol. The van der Waals surface area contributed by atoms with Gasteiger partial charge < -0.3 is 19.7 Å². The first-order valence-corrected chi connectivity index (χ1v) is 14.9. The summed E-state index contributed by atoms with van der Waals surface area (Å²) >= 11 is 1.35. The molecule has 0 aliphatic rings. The number of carbonyl (C=O) groups excluding carboxylic acids is 1. The van der Waals surface area contributed by atoms with Crippen LogP contribution in [0.3, 0.4) is 0 Å². The van der Waals surface area contributed by atoms with Crippen molar-refractivity contribution in [3.63, 3.8) is 0 Å². The fraction of sp³-hybridized carbons (Fsp3) is 0.394. The first kappa shape index (κ1) is 31.2. The van der Waals surface area contributed by atoms with E-state index in [9.17, 15) is 19.8 Å². The Morgan fingerprint density at radius 3 is 2.12 bits per heavy atom. The van der Waals surface area contributed by atoms with E-state index in [-0.39, 0.29) is 0 Å². The van der Waals surface area contributed by atoms with Crippen LogP contribution in [0.2, 0.25) is 0 Å². The van der Waals surface area contributed by atoms with Crippen LogP contribution in [-0.4, -0.2) is 42.5 Å². The molecule has 2 atom stereocenters. The monoisotopic (exact) mass is 564 g/mol. The first-order chi connectivity index (χ1) is 19.4. The minimum atomic E-state index is -1.56. The number of carboxylic acids is 1. The number of aliphatic hydroxyl groups is 1. The third kappa shape index (κ3) is 9.42. The van der Waals surface area contributed by atoms with Crippen molar-refractivity contribution in [2.45, 2.75) is 68.5 Å². The van der Waals surface area contributed by atoms with Crippen LogP contribution in [-0.2, 0) is 28.1 Å². The van der Waals surface area contributed by atoms with Gasteiger partial charge >= 0.3 is 11.9 Å². The average Bonchev–Trinajstić information content (AvgIpc) is 2.99. The number of carbonyl (C=O) groups is 2. The van der Waals surface area contributed by atoms with Gasteiger partial charge in [-0.3, -0.25) is 0 Å². The summed E-state index contributed by atoms with van der Waals surface area (Å²) in [5.74, 6) is -0.804. The second kappa shape index (κ2) is 16.7. The molecule has 0 fully saturated rings. The molecule has 3 aromatic rings. The van der Waals surface area contributed by atoms with Crippen molar-refractivity contribution in [1.29, 1.82) is 0 Å². The lowest BCUT2D eigenvalue weighted by molar-refractivity contribution is -0.146. The minimum absolute atomic E-state index is 0.372. The maximum atomic E-state index is 11.9. The number of methoxy groups -OCH3 is 2. The Balaban J connectivity index is 1.58. The summed E-state index contributed by atoms with van der Waals surface area (Å²) in [7, 11) is 2.84. The van der Waals surface area contributed by atoms with E-state index in [1.807, 2.05) is 24.3 Å². The fourth-order valence-corrected chi connectivity index (χ4v) is 6.11. The molecule has 2 N–H and O–H groups in total. The number of ether oxygens (including phenoxy) is 2. The van der Waals surface area contributed by atoms with Gasteiger partial charge in [0, 0.05) is 11.3 Å². The van der Waals surface area contributed by atoms with E-state index in [4.69, 9.17) is 9.47 Å². The maximum Gasteiger partial charge on any atom is 0.337 e. The average molecular weight is 565 g/mol. The van der Waals surface area contributed by atoms with E-state index in [0.717, 1.165) is 42.4 Å². The Morgan fingerprint density at radius 2 is 1.45 bits per heavy atom. The Bertz CT molecular complexity index is 1210. The molecular formula is C33H40O6S. The third-order valence-corrected chi connectivity index (χ3v) is 8.38. The molecule has 0 aliphatic heterocycles. The number of aliphatic carboxylic acids is 1. The quantitative estimate of drug-likeness (QED) is 0.134. The molecule has 6 nitrogen and oxygen atoms in total. The van der Waals surface area contributed by atoms with Crippen LogP contribution in [0.1, 0.15) is 76.4 Å². The Morgan fingerprint density at radius 1 is 0.800 bits per heavy atom. The van der Waals surface area contributed by atoms with Crippen molar-refractivity contribution in [3.8, 4) is 5.75 Å². The molecule has 0 aliphatic carbocycles. The van der Waals surface area contributed by atoms with Crippen molar-refractivity contribution < 1.29 is 29.3 Å². The molecule has 0 bridgehead atoms. The van der Waals surface area contributed by atoms with Crippen molar-refractivity contribution in [2.75, 3.05) is 14.2 Å². The number of benzene rings is 3. The van der Waals surface area contributed by atoms with Gasteiger partial charge in [0.15, 0.2) is 6.10 Å². The van der Waals surface area contributed by atoms with Gasteiger partial charge in [0.25, 0.3) is 0 Å². The van der Waals surface area contributed by atoms with Crippen LogP contribution < -0.4 is 4.74 Å². The molecule has 3 rings (SSSR count). The van der Waals surface area contributed by atoms with Crippen LogP contribution in [0.15, 0.2) is 72.8 Å². The molecule has 0 saturated carbocycles. The zero-order valence-electron chi connectivity index (χ0n) is 23.4. The topological polar surface area (TPSA) is 93.1 Å². The van der Waals surface area contributed by atoms with E-state index >= 15 is 0 Å². The highest BCUT2D eigenvalue weighted by Crippen LogP contribution is 2.39. The molecular weight excluding hydrogens is 524 g/mol. The van der Waals surface area contributed by atoms with Gasteiger partial charge in [-0.25, -0.2) is 9.59 Å². The molecule has 40 heavy (non-hydrogen) atoms. The molecule has 0 spiro atoms. The van der Waals surface area contributed by atoms with Crippen LogP contribution in [0.5, 0.6) is 5.75 Å². The van der Waals surface area contributed by atoms with Gasteiger partial charge in [0.2, 0.25) is 0 Å². The van der Waals surface area contributed by atoms with Crippen LogP contribution in [0, 0.1) is 0 Å². The number of aliphatic hydroxyl groups excluding tert-OH is 1. The smallest absolute Gasteiger partial charge is 0.337 e.